The van der Waals surface area contributed by atoms with Gasteiger partial charge in [0.25, 0.3) is 0 Å². The van der Waals surface area contributed by atoms with E-state index in [-0.39, 0.29) is 0 Å². The Kier molecular flexibility index (Phi) is 2.75. The molecule has 104 valence electrons. The van der Waals surface area contributed by atoms with Crippen molar-refractivity contribution in [3.05, 3.63) is 11.6 Å². The molecule has 0 saturated heterocycles. The van der Waals surface area contributed by atoms with Crippen LogP contribution in [-0.4, -0.2) is 11.1 Å². The first-order chi connectivity index (χ1) is 9.20. The Morgan fingerprint density at radius 1 is 1.00 bits per heavy atom. The first-order valence-electron chi connectivity index (χ1n) is 8.13. The Morgan fingerprint density at radius 3 is 2.11 bits per heavy atom. The van der Waals surface area contributed by atoms with Crippen LogP contribution in [0.5, 0.6) is 0 Å². The Balaban J connectivity index is 1.50. The molecular formula is C17H24O2. The van der Waals surface area contributed by atoms with Crippen molar-refractivity contribution in [2.75, 3.05) is 0 Å². The Labute approximate surface area is 115 Å². The standard InChI is InChI=1S/C17H24O2/c18-17(19)13-3-1-12(2-4-13)16-14-6-10-5-11(8-14)9-15(16)7-10/h3,10-12,14-16H,1-2,4-9H2,(H,18,19). The monoisotopic (exact) mass is 260 g/mol. The molecule has 0 radical (unpaired) electrons. The highest BCUT2D eigenvalue weighted by atomic mass is 16.4. The Hall–Kier alpha value is -0.790. The lowest BCUT2D eigenvalue weighted by atomic mass is 9.49. The van der Waals surface area contributed by atoms with E-state index in [4.69, 9.17) is 5.11 Å². The van der Waals surface area contributed by atoms with E-state index in [1.54, 1.807) is 0 Å². The predicted octanol–water partition coefficient (Wildman–Crippen LogP) is 3.87. The van der Waals surface area contributed by atoms with E-state index in [0.717, 1.165) is 54.8 Å². The van der Waals surface area contributed by atoms with Gasteiger partial charge in [-0.05, 0) is 86.9 Å². The summed E-state index contributed by atoms with van der Waals surface area (Å²) in [5.74, 6) is 5.10. The molecule has 1 atom stereocenters. The SMILES string of the molecule is O=C(O)C1=CCC(C2C3CC4CC(C3)CC2C4)CC1. The van der Waals surface area contributed by atoms with E-state index in [1.807, 2.05) is 6.08 Å². The number of carboxylic acids is 1. The van der Waals surface area contributed by atoms with Crippen LogP contribution in [0.3, 0.4) is 0 Å². The summed E-state index contributed by atoms with van der Waals surface area (Å²) in [5, 5.41) is 9.07. The minimum absolute atomic E-state index is 0.667. The van der Waals surface area contributed by atoms with Gasteiger partial charge in [-0.25, -0.2) is 4.79 Å². The normalized spacial score (nSPS) is 48.1. The number of carbonyl (C=O) groups is 1. The van der Waals surface area contributed by atoms with Crippen molar-refractivity contribution in [3.63, 3.8) is 0 Å². The lowest BCUT2D eigenvalue weighted by Gasteiger charge is -2.57. The highest BCUT2D eigenvalue weighted by Gasteiger charge is 2.50. The lowest BCUT2D eigenvalue weighted by molar-refractivity contribution is -0.133. The molecule has 0 aromatic rings. The van der Waals surface area contributed by atoms with Crippen LogP contribution in [0.15, 0.2) is 11.6 Å². The average Bonchev–Trinajstić information content (AvgIpc) is 2.38. The maximum Gasteiger partial charge on any atom is 0.331 e. The van der Waals surface area contributed by atoms with Gasteiger partial charge in [0.2, 0.25) is 0 Å². The molecule has 0 spiro atoms. The van der Waals surface area contributed by atoms with Crippen LogP contribution in [0.4, 0.5) is 0 Å². The minimum Gasteiger partial charge on any atom is -0.478 e. The third-order valence-corrected chi connectivity index (χ3v) is 6.57. The zero-order valence-electron chi connectivity index (χ0n) is 11.6. The van der Waals surface area contributed by atoms with Crippen molar-refractivity contribution in [2.24, 2.45) is 35.5 Å². The summed E-state index contributed by atoms with van der Waals surface area (Å²) < 4.78 is 0. The summed E-state index contributed by atoms with van der Waals surface area (Å²) in [6.45, 7) is 0. The number of allylic oxidation sites excluding steroid dienone is 1. The molecular weight excluding hydrogens is 236 g/mol. The summed E-state index contributed by atoms with van der Waals surface area (Å²) in [6.07, 6.45) is 12.5. The fourth-order valence-corrected chi connectivity index (χ4v) is 6.14. The summed E-state index contributed by atoms with van der Waals surface area (Å²) in [5.41, 5.74) is 0.667. The van der Waals surface area contributed by atoms with Crippen LogP contribution in [-0.2, 0) is 4.79 Å². The van der Waals surface area contributed by atoms with Gasteiger partial charge >= 0.3 is 5.97 Å². The van der Waals surface area contributed by atoms with E-state index in [2.05, 4.69) is 0 Å². The van der Waals surface area contributed by atoms with Crippen molar-refractivity contribution in [3.8, 4) is 0 Å². The van der Waals surface area contributed by atoms with Gasteiger partial charge in [0.1, 0.15) is 0 Å². The minimum atomic E-state index is -0.691. The van der Waals surface area contributed by atoms with Crippen LogP contribution in [0, 0.1) is 35.5 Å². The quantitative estimate of drug-likeness (QED) is 0.818. The predicted molar refractivity (Wildman–Crippen MR) is 73.6 cm³/mol. The first-order valence-corrected chi connectivity index (χ1v) is 8.13. The largest absolute Gasteiger partial charge is 0.478 e. The van der Waals surface area contributed by atoms with Crippen LogP contribution >= 0.6 is 0 Å². The molecule has 2 heteroatoms. The number of hydrogen-bond acceptors (Lipinski definition) is 1. The van der Waals surface area contributed by atoms with Crippen LogP contribution < -0.4 is 0 Å². The zero-order valence-corrected chi connectivity index (χ0v) is 11.6. The third kappa shape index (κ3) is 1.95. The smallest absolute Gasteiger partial charge is 0.331 e. The van der Waals surface area contributed by atoms with Gasteiger partial charge < -0.3 is 5.11 Å². The van der Waals surface area contributed by atoms with E-state index < -0.39 is 5.97 Å². The van der Waals surface area contributed by atoms with Crippen molar-refractivity contribution >= 4 is 5.97 Å². The molecule has 0 aromatic carbocycles. The second kappa shape index (κ2) is 4.36. The number of hydrogen-bond donors (Lipinski definition) is 1. The third-order valence-electron chi connectivity index (χ3n) is 6.57. The first kappa shape index (κ1) is 12.0. The molecule has 19 heavy (non-hydrogen) atoms. The molecule has 0 aliphatic heterocycles. The van der Waals surface area contributed by atoms with Gasteiger partial charge in [0, 0.05) is 5.57 Å². The molecule has 5 aliphatic rings. The van der Waals surface area contributed by atoms with Gasteiger partial charge in [0.05, 0.1) is 0 Å². The van der Waals surface area contributed by atoms with E-state index in [9.17, 15) is 4.79 Å². The van der Waals surface area contributed by atoms with Gasteiger partial charge in [-0.2, -0.15) is 0 Å². The number of rotatable bonds is 2. The van der Waals surface area contributed by atoms with Crippen LogP contribution in [0.1, 0.15) is 51.4 Å². The fraction of sp³-hybridized carbons (Fsp3) is 0.824. The molecule has 1 N–H and O–H groups in total. The van der Waals surface area contributed by atoms with E-state index in [0.29, 0.717) is 5.57 Å². The maximum atomic E-state index is 11.0. The Bertz CT molecular complexity index is 395. The summed E-state index contributed by atoms with van der Waals surface area (Å²) >= 11 is 0. The van der Waals surface area contributed by atoms with Crippen LogP contribution in [0.25, 0.3) is 0 Å². The molecule has 2 nitrogen and oxygen atoms in total. The summed E-state index contributed by atoms with van der Waals surface area (Å²) in [4.78, 5) is 11.0. The second-order valence-corrected chi connectivity index (χ2v) is 7.58. The summed E-state index contributed by atoms with van der Waals surface area (Å²) in [6, 6.07) is 0. The molecule has 0 heterocycles. The molecule has 1 unspecified atom stereocenters. The van der Waals surface area contributed by atoms with Gasteiger partial charge in [-0.15, -0.1) is 0 Å². The molecule has 0 aromatic heterocycles. The topological polar surface area (TPSA) is 37.3 Å². The van der Waals surface area contributed by atoms with Crippen molar-refractivity contribution < 1.29 is 9.90 Å². The van der Waals surface area contributed by atoms with Crippen molar-refractivity contribution in [1.29, 1.82) is 0 Å². The zero-order chi connectivity index (χ0) is 13.0. The van der Waals surface area contributed by atoms with E-state index >= 15 is 0 Å². The molecule has 0 amide bonds. The molecule has 5 rings (SSSR count). The van der Waals surface area contributed by atoms with Gasteiger partial charge in [-0.1, -0.05) is 6.08 Å². The highest BCUT2D eigenvalue weighted by molar-refractivity contribution is 5.86. The van der Waals surface area contributed by atoms with E-state index in [1.165, 1.54) is 32.1 Å². The second-order valence-electron chi connectivity index (χ2n) is 7.58. The molecule has 5 aliphatic carbocycles. The Morgan fingerprint density at radius 2 is 1.63 bits per heavy atom. The highest BCUT2D eigenvalue weighted by Crippen LogP contribution is 2.59. The lowest BCUT2D eigenvalue weighted by Crippen LogP contribution is -2.47. The maximum absolute atomic E-state index is 11.0. The van der Waals surface area contributed by atoms with Crippen molar-refractivity contribution in [2.45, 2.75) is 51.4 Å². The molecule has 4 fully saturated rings. The molecule has 4 saturated carbocycles. The average molecular weight is 260 g/mol. The summed E-state index contributed by atoms with van der Waals surface area (Å²) in [7, 11) is 0. The van der Waals surface area contributed by atoms with Crippen molar-refractivity contribution in [1.82, 2.24) is 0 Å². The van der Waals surface area contributed by atoms with Gasteiger partial charge in [0.15, 0.2) is 0 Å². The molecule has 4 bridgehead atoms. The van der Waals surface area contributed by atoms with Gasteiger partial charge in [-0.3, -0.25) is 0 Å². The fourth-order valence-electron chi connectivity index (χ4n) is 6.14. The number of aliphatic carboxylic acids is 1. The van der Waals surface area contributed by atoms with Crippen LogP contribution in [0.2, 0.25) is 0 Å². The number of carboxylic acid groups (broad SMARTS) is 1.